The average Bonchev–Trinajstić information content (AvgIpc) is 2.60. The molecule has 5 heteroatoms. The Morgan fingerprint density at radius 3 is 2.00 bits per heavy atom. The van der Waals surface area contributed by atoms with Gasteiger partial charge >= 0.3 is 0 Å². The maximum atomic E-state index is 13.0. The van der Waals surface area contributed by atoms with Crippen molar-refractivity contribution in [2.24, 2.45) is 17.8 Å². The van der Waals surface area contributed by atoms with Crippen molar-refractivity contribution < 1.29 is 9.59 Å². The molecule has 2 amide bonds. The van der Waals surface area contributed by atoms with Gasteiger partial charge in [0.25, 0.3) is 5.91 Å². The molecule has 2 rings (SSSR count). The molecule has 1 saturated heterocycles. The van der Waals surface area contributed by atoms with E-state index in [1.807, 2.05) is 9.80 Å². The van der Waals surface area contributed by atoms with Gasteiger partial charge in [-0.3, -0.25) is 9.59 Å². The smallest absolute Gasteiger partial charge is 0.253 e. The number of halogens is 1. The third-order valence-electron chi connectivity index (χ3n) is 4.71. The van der Waals surface area contributed by atoms with Gasteiger partial charge in [-0.1, -0.05) is 39.3 Å². The van der Waals surface area contributed by atoms with Gasteiger partial charge in [0.05, 0.1) is 0 Å². The van der Waals surface area contributed by atoms with Crippen molar-refractivity contribution in [1.82, 2.24) is 9.80 Å². The van der Waals surface area contributed by atoms with Gasteiger partial charge in [0.2, 0.25) is 5.91 Å². The molecule has 1 heterocycles. The summed E-state index contributed by atoms with van der Waals surface area (Å²) >= 11 is 5.89. The van der Waals surface area contributed by atoms with Crippen LogP contribution in [0, 0.1) is 17.8 Å². The summed E-state index contributed by atoms with van der Waals surface area (Å²) in [4.78, 5) is 29.4. The highest BCUT2D eigenvalue weighted by Gasteiger charge is 2.31. The number of hydrogen-bond donors (Lipinski definition) is 0. The van der Waals surface area contributed by atoms with Crippen LogP contribution in [-0.2, 0) is 4.79 Å². The van der Waals surface area contributed by atoms with Crippen molar-refractivity contribution in [3.8, 4) is 0 Å². The second kappa shape index (κ2) is 9.40. The zero-order valence-electron chi connectivity index (χ0n) is 16.4. The second-order valence-electron chi connectivity index (χ2n) is 8.10. The van der Waals surface area contributed by atoms with Crippen LogP contribution in [0.3, 0.4) is 0 Å². The summed E-state index contributed by atoms with van der Waals surface area (Å²) in [6.07, 6.45) is 1.48. The Balaban J connectivity index is 1.94. The maximum Gasteiger partial charge on any atom is 0.253 e. The summed E-state index contributed by atoms with van der Waals surface area (Å²) in [6.45, 7) is 11.5. The monoisotopic (exact) mass is 378 g/mol. The lowest BCUT2D eigenvalue weighted by Crippen LogP contribution is -2.46. The topological polar surface area (TPSA) is 40.6 Å². The minimum absolute atomic E-state index is 0.0220. The van der Waals surface area contributed by atoms with Gasteiger partial charge in [-0.15, -0.1) is 0 Å². The fourth-order valence-electron chi connectivity index (χ4n) is 3.50. The normalized spacial score (nSPS) is 15.6. The van der Waals surface area contributed by atoms with E-state index in [9.17, 15) is 9.59 Å². The lowest BCUT2D eigenvalue weighted by molar-refractivity contribution is -0.138. The lowest BCUT2D eigenvalue weighted by atomic mass is 9.94. The van der Waals surface area contributed by atoms with Crippen LogP contribution in [-0.4, -0.2) is 47.8 Å². The Bertz CT molecular complexity index is 595. The summed E-state index contributed by atoms with van der Waals surface area (Å²) < 4.78 is 0. The summed E-state index contributed by atoms with van der Waals surface area (Å²) in [6, 6.07) is 6.99. The Kier molecular flexibility index (Phi) is 7.51. The van der Waals surface area contributed by atoms with Crippen LogP contribution in [0.4, 0.5) is 0 Å². The molecule has 1 aromatic carbocycles. The van der Waals surface area contributed by atoms with Crippen molar-refractivity contribution in [2.75, 3.05) is 26.2 Å². The molecule has 4 nitrogen and oxygen atoms in total. The van der Waals surface area contributed by atoms with Gasteiger partial charge in [0, 0.05) is 42.7 Å². The Labute approximate surface area is 162 Å². The molecule has 1 aliphatic heterocycles. The molecule has 0 aliphatic carbocycles. The van der Waals surface area contributed by atoms with E-state index < -0.39 is 0 Å². The SMILES string of the molecule is CC(C)CN(CC(C)C)C(=O)C1CCN(C(=O)c2ccc(Cl)cc2)CC1. The number of nitrogens with zero attached hydrogens (tertiary/aromatic N) is 2. The first kappa shape index (κ1) is 20.8. The van der Waals surface area contributed by atoms with Crippen LogP contribution < -0.4 is 0 Å². The molecule has 0 N–H and O–H groups in total. The summed E-state index contributed by atoms with van der Waals surface area (Å²) in [7, 11) is 0. The molecule has 0 spiro atoms. The Hall–Kier alpha value is -1.55. The summed E-state index contributed by atoms with van der Waals surface area (Å²) in [5.74, 6) is 1.23. The number of carbonyl (C=O) groups excluding carboxylic acids is 2. The molecule has 0 saturated carbocycles. The van der Waals surface area contributed by atoms with Crippen LogP contribution >= 0.6 is 11.6 Å². The summed E-state index contributed by atoms with van der Waals surface area (Å²) in [5, 5.41) is 0.626. The van der Waals surface area contributed by atoms with Gasteiger partial charge in [-0.25, -0.2) is 0 Å². The Morgan fingerprint density at radius 2 is 1.54 bits per heavy atom. The molecule has 0 aromatic heterocycles. The fourth-order valence-corrected chi connectivity index (χ4v) is 3.62. The first-order valence-corrected chi connectivity index (χ1v) is 9.99. The fraction of sp³-hybridized carbons (Fsp3) is 0.619. The van der Waals surface area contributed by atoms with E-state index in [2.05, 4.69) is 27.7 Å². The lowest BCUT2D eigenvalue weighted by Gasteiger charge is -2.35. The first-order valence-electron chi connectivity index (χ1n) is 9.61. The number of piperidine rings is 1. The number of benzene rings is 1. The predicted molar refractivity (Wildman–Crippen MR) is 106 cm³/mol. The number of likely N-dealkylation sites (tertiary alicyclic amines) is 1. The molecule has 26 heavy (non-hydrogen) atoms. The molecule has 0 bridgehead atoms. The van der Waals surface area contributed by atoms with Crippen LogP contribution in [0.2, 0.25) is 5.02 Å². The van der Waals surface area contributed by atoms with Crippen LogP contribution in [0.5, 0.6) is 0 Å². The number of amides is 2. The van der Waals surface area contributed by atoms with Crippen molar-refractivity contribution in [3.05, 3.63) is 34.9 Å². The van der Waals surface area contributed by atoms with Gasteiger partial charge in [-0.2, -0.15) is 0 Å². The van der Waals surface area contributed by atoms with Crippen molar-refractivity contribution in [2.45, 2.75) is 40.5 Å². The quantitative estimate of drug-likeness (QED) is 0.739. The van der Waals surface area contributed by atoms with E-state index in [4.69, 9.17) is 11.6 Å². The van der Waals surface area contributed by atoms with Crippen LogP contribution in [0.1, 0.15) is 50.9 Å². The molecular weight excluding hydrogens is 348 g/mol. The zero-order valence-corrected chi connectivity index (χ0v) is 17.1. The predicted octanol–water partition coefficient (Wildman–Crippen LogP) is 4.33. The van der Waals surface area contributed by atoms with Gasteiger partial charge in [-0.05, 0) is 48.9 Å². The summed E-state index contributed by atoms with van der Waals surface area (Å²) in [5.41, 5.74) is 0.653. The van der Waals surface area contributed by atoms with Crippen LogP contribution in [0.25, 0.3) is 0 Å². The second-order valence-corrected chi connectivity index (χ2v) is 8.54. The third-order valence-corrected chi connectivity index (χ3v) is 4.96. The molecule has 1 aromatic rings. The highest BCUT2D eigenvalue weighted by atomic mass is 35.5. The first-order chi connectivity index (χ1) is 12.3. The van der Waals surface area contributed by atoms with E-state index in [0.29, 0.717) is 35.5 Å². The van der Waals surface area contributed by atoms with E-state index >= 15 is 0 Å². The van der Waals surface area contributed by atoms with E-state index in [-0.39, 0.29) is 17.7 Å². The highest BCUT2D eigenvalue weighted by Crippen LogP contribution is 2.23. The highest BCUT2D eigenvalue weighted by molar-refractivity contribution is 6.30. The van der Waals surface area contributed by atoms with Gasteiger partial charge < -0.3 is 9.80 Å². The Morgan fingerprint density at radius 1 is 1.04 bits per heavy atom. The standard InChI is InChI=1S/C21H31ClN2O2/c1-15(2)13-24(14-16(3)4)21(26)18-9-11-23(12-10-18)20(25)17-5-7-19(22)8-6-17/h5-8,15-16,18H,9-14H2,1-4H3. The molecule has 0 radical (unpaired) electrons. The minimum atomic E-state index is 0.0220. The van der Waals surface area contributed by atoms with E-state index in [1.165, 1.54) is 0 Å². The van der Waals surface area contributed by atoms with E-state index in [1.54, 1.807) is 24.3 Å². The maximum absolute atomic E-state index is 13.0. The molecule has 1 fully saturated rings. The number of carbonyl (C=O) groups is 2. The molecule has 0 atom stereocenters. The van der Waals surface area contributed by atoms with Crippen molar-refractivity contribution >= 4 is 23.4 Å². The van der Waals surface area contributed by atoms with Crippen LogP contribution in [0.15, 0.2) is 24.3 Å². The van der Waals surface area contributed by atoms with Gasteiger partial charge in [0.15, 0.2) is 0 Å². The molecule has 1 aliphatic rings. The molecular formula is C21H31ClN2O2. The number of rotatable bonds is 6. The average molecular weight is 379 g/mol. The number of hydrogen-bond acceptors (Lipinski definition) is 2. The third kappa shape index (κ3) is 5.73. The minimum Gasteiger partial charge on any atom is -0.342 e. The van der Waals surface area contributed by atoms with E-state index in [0.717, 1.165) is 25.9 Å². The van der Waals surface area contributed by atoms with Crippen molar-refractivity contribution in [1.29, 1.82) is 0 Å². The largest absolute Gasteiger partial charge is 0.342 e. The zero-order chi connectivity index (χ0) is 19.3. The molecule has 144 valence electrons. The van der Waals surface area contributed by atoms with Gasteiger partial charge in [0.1, 0.15) is 0 Å². The molecule has 0 unspecified atom stereocenters. The van der Waals surface area contributed by atoms with Crippen molar-refractivity contribution in [3.63, 3.8) is 0 Å².